The number of hydrogen-bond acceptors (Lipinski definition) is 6. The highest BCUT2D eigenvalue weighted by Gasteiger charge is 2.15. The summed E-state index contributed by atoms with van der Waals surface area (Å²) in [6.45, 7) is 0. The molecule has 2 aromatic carbocycles. The maximum absolute atomic E-state index is 11.9. The molecule has 0 aliphatic carbocycles. The normalized spacial score (nSPS) is 10.9. The number of nitrogen functional groups attached to an aromatic ring is 1. The summed E-state index contributed by atoms with van der Waals surface area (Å²) in [5.41, 5.74) is 8.82. The van der Waals surface area contributed by atoms with Crippen molar-refractivity contribution in [1.29, 1.82) is 0 Å². The van der Waals surface area contributed by atoms with Crippen molar-refractivity contribution in [2.45, 2.75) is 0 Å². The lowest BCUT2D eigenvalue weighted by molar-refractivity contribution is 0.355. The summed E-state index contributed by atoms with van der Waals surface area (Å²) >= 11 is 6.04. The lowest BCUT2D eigenvalue weighted by Gasteiger charge is -2.13. The van der Waals surface area contributed by atoms with Crippen molar-refractivity contribution < 1.29 is 9.47 Å². The molecule has 2 heterocycles. The van der Waals surface area contributed by atoms with Gasteiger partial charge in [0, 0.05) is 10.6 Å². The Hall–Kier alpha value is -3.58. The number of aromatic nitrogens is 3. The Morgan fingerprint density at radius 3 is 2.31 bits per heavy atom. The average Bonchev–Trinajstić information content (AvgIpc) is 2.72. The van der Waals surface area contributed by atoms with Gasteiger partial charge in [-0.2, -0.15) is 4.98 Å². The fraction of sp³-hybridized carbons (Fsp3) is 0.0952. The van der Waals surface area contributed by atoms with E-state index in [9.17, 15) is 4.79 Å². The number of pyridine rings is 1. The van der Waals surface area contributed by atoms with Crippen LogP contribution in [0.15, 0.2) is 53.3 Å². The zero-order chi connectivity index (χ0) is 20.5. The third kappa shape index (κ3) is 3.48. The summed E-state index contributed by atoms with van der Waals surface area (Å²) in [5.74, 6) is 1.38. The van der Waals surface area contributed by atoms with E-state index in [1.54, 1.807) is 32.4 Å². The van der Waals surface area contributed by atoms with Gasteiger partial charge in [0.2, 0.25) is 0 Å². The molecule has 8 heteroatoms. The van der Waals surface area contributed by atoms with E-state index in [1.807, 2.05) is 30.3 Å². The third-order valence-corrected chi connectivity index (χ3v) is 4.81. The SMILES string of the molecule is COc1ccc(-c2cc(-c3ccc(Cl)cc3)c3c(N)[nH]c(=O)nc3n2)cc1OC. The molecule has 4 rings (SSSR count). The number of nitrogens with zero attached hydrogens (tertiary/aromatic N) is 2. The number of rotatable bonds is 4. The van der Waals surface area contributed by atoms with E-state index in [0.717, 1.165) is 16.7 Å². The predicted octanol–water partition coefficient (Wildman–Crippen LogP) is 3.90. The molecule has 3 N–H and O–H groups in total. The number of fused-ring (bicyclic) bond motifs is 1. The first-order valence-corrected chi connectivity index (χ1v) is 9.07. The summed E-state index contributed by atoms with van der Waals surface area (Å²) in [7, 11) is 3.14. The van der Waals surface area contributed by atoms with Gasteiger partial charge in [-0.3, -0.25) is 4.98 Å². The Morgan fingerprint density at radius 1 is 0.931 bits per heavy atom. The molecule has 0 fully saturated rings. The van der Waals surface area contributed by atoms with Crippen molar-refractivity contribution in [3.05, 3.63) is 64.0 Å². The van der Waals surface area contributed by atoms with Gasteiger partial charge < -0.3 is 15.2 Å². The Kier molecular flexibility index (Phi) is 4.82. The number of methoxy groups -OCH3 is 2. The Morgan fingerprint density at radius 2 is 1.62 bits per heavy atom. The first-order chi connectivity index (χ1) is 14.0. The predicted molar refractivity (Wildman–Crippen MR) is 114 cm³/mol. The number of anilines is 1. The summed E-state index contributed by atoms with van der Waals surface area (Å²) in [6, 6.07) is 14.7. The lowest BCUT2D eigenvalue weighted by atomic mass is 9.99. The van der Waals surface area contributed by atoms with Crippen molar-refractivity contribution in [1.82, 2.24) is 15.0 Å². The van der Waals surface area contributed by atoms with Crippen LogP contribution in [0.5, 0.6) is 11.5 Å². The number of nitrogens with two attached hydrogens (primary N) is 1. The van der Waals surface area contributed by atoms with E-state index < -0.39 is 5.69 Å². The number of ether oxygens (including phenoxy) is 2. The van der Waals surface area contributed by atoms with Gasteiger partial charge in [-0.25, -0.2) is 9.78 Å². The van der Waals surface area contributed by atoms with E-state index >= 15 is 0 Å². The first-order valence-electron chi connectivity index (χ1n) is 8.69. The highest BCUT2D eigenvalue weighted by Crippen LogP contribution is 2.36. The summed E-state index contributed by atoms with van der Waals surface area (Å²) in [4.78, 5) is 23.0. The van der Waals surface area contributed by atoms with Crippen LogP contribution in [0.3, 0.4) is 0 Å². The molecule has 2 aromatic heterocycles. The second kappa shape index (κ2) is 7.44. The van der Waals surface area contributed by atoms with Gasteiger partial charge in [0.15, 0.2) is 17.1 Å². The molecule has 0 aliphatic heterocycles. The average molecular weight is 409 g/mol. The highest BCUT2D eigenvalue weighted by molar-refractivity contribution is 6.30. The van der Waals surface area contributed by atoms with Gasteiger partial charge >= 0.3 is 5.69 Å². The van der Waals surface area contributed by atoms with E-state index in [1.165, 1.54) is 0 Å². The second-order valence-electron chi connectivity index (χ2n) is 6.29. The smallest absolute Gasteiger partial charge is 0.348 e. The van der Waals surface area contributed by atoms with Crippen LogP contribution in [0.1, 0.15) is 0 Å². The number of halogens is 1. The lowest BCUT2D eigenvalue weighted by Crippen LogP contribution is -2.14. The Labute approximate surface area is 171 Å². The summed E-state index contributed by atoms with van der Waals surface area (Å²) < 4.78 is 10.7. The number of nitrogens with one attached hydrogen (secondary N) is 1. The molecular formula is C21H17ClN4O3. The van der Waals surface area contributed by atoms with Crippen LogP contribution in [-0.2, 0) is 0 Å². The Balaban J connectivity index is 2.01. The summed E-state index contributed by atoms with van der Waals surface area (Å²) in [6.07, 6.45) is 0. The number of hydrogen-bond donors (Lipinski definition) is 2. The summed E-state index contributed by atoms with van der Waals surface area (Å²) in [5, 5.41) is 1.18. The zero-order valence-corrected chi connectivity index (χ0v) is 16.4. The molecule has 0 aliphatic rings. The molecule has 7 nitrogen and oxygen atoms in total. The molecule has 0 amide bonds. The minimum atomic E-state index is -0.561. The number of benzene rings is 2. The molecule has 0 saturated carbocycles. The van der Waals surface area contributed by atoms with Gasteiger partial charge in [-0.1, -0.05) is 23.7 Å². The van der Waals surface area contributed by atoms with Crippen molar-refractivity contribution >= 4 is 28.5 Å². The quantitative estimate of drug-likeness (QED) is 0.530. The van der Waals surface area contributed by atoms with Gasteiger partial charge in [0.1, 0.15) is 5.82 Å². The minimum absolute atomic E-state index is 0.205. The van der Waals surface area contributed by atoms with Gasteiger partial charge in [-0.15, -0.1) is 0 Å². The molecule has 146 valence electrons. The monoisotopic (exact) mass is 408 g/mol. The van der Waals surface area contributed by atoms with Crippen molar-refractivity contribution in [2.24, 2.45) is 0 Å². The van der Waals surface area contributed by atoms with Crippen molar-refractivity contribution in [3.8, 4) is 33.9 Å². The van der Waals surface area contributed by atoms with E-state index in [0.29, 0.717) is 27.6 Å². The van der Waals surface area contributed by atoms with Crippen LogP contribution in [0.25, 0.3) is 33.4 Å². The van der Waals surface area contributed by atoms with Crippen LogP contribution in [0, 0.1) is 0 Å². The van der Waals surface area contributed by atoms with Gasteiger partial charge in [0.25, 0.3) is 0 Å². The zero-order valence-electron chi connectivity index (χ0n) is 15.7. The topological polar surface area (TPSA) is 103 Å². The molecule has 0 atom stereocenters. The second-order valence-corrected chi connectivity index (χ2v) is 6.72. The third-order valence-electron chi connectivity index (χ3n) is 4.55. The van der Waals surface area contributed by atoms with E-state index in [2.05, 4.69) is 15.0 Å². The molecule has 0 spiro atoms. The molecular weight excluding hydrogens is 392 g/mol. The van der Waals surface area contributed by atoms with Gasteiger partial charge in [-0.05, 0) is 47.5 Å². The molecule has 29 heavy (non-hydrogen) atoms. The van der Waals surface area contributed by atoms with E-state index in [-0.39, 0.29) is 11.5 Å². The van der Waals surface area contributed by atoms with Crippen LogP contribution in [0.4, 0.5) is 5.82 Å². The largest absolute Gasteiger partial charge is 0.493 e. The highest BCUT2D eigenvalue weighted by atomic mass is 35.5. The van der Waals surface area contributed by atoms with Crippen LogP contribution >= 0.6 is 11.6 Å². The maximum atomic E-state index is 11.9. The molecule has 0 bridgehead atoms. The molecule has 0 saturated heterocycles. The molecule has 0 radical (unpaired) electrons. The Bertz CT molecular complexity index is 1270. The number of H-pyrrole nitrogens is 1. The van der Waals surface area contributed by atoms with Crippen molar-refractivity contribution in [2.75, 3.05) is 20.0 Å². The minimum Gasteiger partial charge on any atom is -0.493 e. The maximum Gasteiger partial charge on any atom is 0.348 e. The first kappa shape index (κ1) is 18.8. The standard InChI is InChI=1S/C21H17ClN4O3/c1-28-16-8-5-12(9-17(16)29-2)15-10-14(11-3-6-13(22)7-4-11)18-19(23)25-21(27)26-20(18)24-15/h3-10H,1-2H3,(H3,23,24,25,26,27). The van der Waals surface area contributed by atoms with Crippen LogP contribution in [-0.4, -0.2) is 29.2 Å². The van der Waals surface area contributed by atoms with Gasteiger partial charge in [0.05, 0.1) is 25.3 Å². The fourth-order valence-electron chi connectivity index (χ4n) is 3.18. The fourth-order valence-corrected chi connectivity index (χ4v) is 3.31. The molecule has 4 aromatic rings. The van der Waals surface area contributed by atoms with Crippen LogP contribution < -0.4 is 20.9 Å². The van der Waals surface area contributed by atoms with E-state index in [4.69, 9.17) is 26.8 Å². The molecule has 0 unspecified atom stereocenters. The van der Waals surface area contributed by atoms with Crippen molar-refractivity contribution in [3.63, 3.8) is 0 Å². The van der Waals surface area contributed by atoms with Crippen LogP contribution in [0.2, 0.25) is 5.02 Å². The number of aromatic amines is 1.